The van der Waals surface area contributed by atoms with Crippen molar-refractivity contribution < 1.29 is 14.5 Å². The molecule has 0 unspecified atom stereocenters. The van der Waals surface area contributed by atoms with Gasteiger partial charge < -0.3 is 10.1 Å². The number of nitrogens with one attached hydrogen (secondary N) is 2. The van der Waals surface area contributed by atoms with Crippen LogP contribution in [-0.2, 0) is 0 Å². The SMILES string of the molecule is Cc1ccc([N+](=O)[O-])cc1NC(=S)NC(=O)c1cc(Br)ccc1OCCC(C)C. The zero-order valence-electron chi connectivity index (χ0n) is 16.3. The number of benzene rings is 2. The minimum atomic E-state index is -0.492. The van der Waals surface area contributed by atoms with Crippen LogP contribution in [-0.4, -0.2) is 22.5 Å². The number of ether oxygens (including phenoxy) is 1. The molecule has 1 amide bonds. The largest absolute Gasteiger partial charge is 0.493 e. The van der Waals surface area contributed by atoms with Gasteiger partial charge >= 0.3 is 0 Å². The molecule has 0 saturated heterocycles. The quantitative estimate of drug-likeness (QED) is 0.321. The van der Waals surface area contributed by atoms with Crippen molar-refractivity contribution in [2.75, 3.05) is 11.9 Å². The second kappa shape index (κ2) is 10.3. The lowest BCUT2D eigenvalue weighted by Crippen LogP contribution is -2.34. The Kier molecular flexibility index (Phi) is 8.10. The van der Waals surface area contributed by atoms with Gasteiger partial charge in [0.05, 0.1) is 17.1 Å². The third kappa shape index (κ3) is 6.79. The van der Waals surface area contributed by atoms with Crippen molar-refractivity contribution in [1.29, 1.82) is 0 Å². The van der Waals surface area contributed by atoms with E-state index in [1.54, 1.807) is 31.2 Å². The molecule has 2 aromatic carbocycles. The van der Waals surface area contributed by atoms with Crippen LogP contribution in [0.3, 0.4) is 0 Å². The third-order valence-corrected chi connectivity index (χ3v) is 4.74. The fraction of sp³-hybridized carbons (Fsp3) is 0.300. The summed E-state index contributed by atoms with van der Waals surface area (Å²) < 4.78 is 6.49. The van der Waals surface area contributed by atoms with Crippen LogP contribution in [0, 0.1) is 23.0 Å². The van der Waals surface area contributed by atoms with E-state index in [2.05, 4.69) is 40.4 Å². The van der Waals surface area contributed by atoms with Gasteiger partial charge in [-0.1, -0.05) is 35.8 Å². The van der Waals surface area contributed by atoms with Gasteiger partial charge in [-0.25, -0.2) is 0 Å². The molecule has 0 aliphatic heterocycles. The molecule has 0 heterocycles. The molecule has 154 valence electrons. The third-order valence-electron chi connectivity index (χ3n) is 4.05. The first kappa shape index (κ1) is 22.8. The number of carbonyl (C=O) groups excluding carboxylic acids is 1. The molecule has 2 N–H and O–H groups in total. The number of anilines is 1. The van der Waals surface area contributed by atoms with E-state index in [9.17, 15) is 14.9 Å². The zero-order valence-corrected chi connectivity index (χ0v) is 18.7. The van der Waals surface area contributed by atoms with E-state index in [1.165, 1.54) is 12.1 Å². The van der Waals surface area contributed by atoms with Gasteiger partial charge in [0.25, 0.3) is 11.6 Å². The summed E-state index contributed by atoms with van der Waals surface area (Å²) in [5.41, 5.74) is 1.47. The molecule has 9 heteroatoms. The van der Waals surface area contributed by atoms with Gasteiger partial charge in [0, 0.05) is 22.3 Å². The normalized spacial score (nSPS) is 10.5. The maximum Gasteiger partial charge on any atom is 0.271 e. The Morgan fingerprint density at radius 1 is 1.28 bits per heavy atom. The summed E-state index contributed by atoms with van der Waals surface area (Å²) in [6, 6.07) is 9.56. The van der Waals surface area contributed by atoms with Crippen LogP contribution in [0.4, 0.5) is 11.4 Å². The highest BCUT2D eigenvalue weighted by atomic mass is 79.9. The summed E-state index contributed by atoms with van der Waals surface area (Å²) in [6.45, 7) is 6.47. The summed E-state index contributed by atoms with van der Waals surface area (Å²) in [7, 11) is 0. The van der Waals surface area contributed by atoms with Gasteiger partial charge in [-0.3, -0.25) is 20.2 Å². The topological polar surface area (TPSA) is 93.5 Å². The van der Waals surface area contributed by atoms with E-state index >= 15 is 0 Å². The van der Waals surface area contributed by atoms with E-state index < -0.39 is 10.8 Å². The van der Waals surface area contributed by atoms with Gasteiger partial charge in [-0.2, -0.15) is 0 Å². The summed E-state index contributed by atoms with van der Waals surface area (Å²) in [4.78, 5) is 23.2. The van der Waals surface area contributed by atoms with Crippen molar-refractivity contribution in [3.63, 3.8) is 0 Å². The summed E-state index contributed by atoms with van der Waals surface area (Å²) in [5, 5.41) is 16.4. The predicted molar refractivity (Wildman–Crippen MR) is 121 cm³/mol. The van der Waals surface area contributed by atoms with E-state index in [0.717, 1.165) is 16.5 Å². The Bertz CT molecular complexity index is 934. The lowest BCUT2D eigenvalue weighted by Gasteiger charge is -2.15. The average Bonchev–Trinajstić information content (AvgIpc) is 2.64. The number of nitro benzene ring substituents is 1. The number of thiocarbonyl (C=S) groups is 1. The molecule has 0 spiro atoms. The van der Waals surface area contributed by atoms with E-state index in [4.69, 9.17) is 17.0 Å². The highest BCUT2D eigenvalue weighted by Gasteiger charge is 2.16. The molecule has 0 fully saturated rings. The van der Waals surface area contributed by atoms with Gasteiger partial charge in [0.2, 0.25) is 0 Å². The van der Waals surface area contributed by atoms with Crippen molar-refractivity contribution in [1.82, 2.24) is 5.32 Å². The van der Waals surface area contributed by atoms with Gasteiger partial charge in [0.15, 0.2) is 5.11 Å². The Morgan fingerprint density at radius 2 is 2.00 bits per heavy atom. The predicted octanol–water partition coefficient (Wildman–Crippen LogP) is 5.22. The van der Waals surface area contributed by atoms with Crippen LogP contribution < -0.4 is 15.4 Å². The van der Waals surface area contributed by atoms with Crippen LogP contribution in [0.2, 0.25) is 0 Å². The van der Waals surface area contributed by atoms with Crippen LogP contribution in [0.25, 0.3) is 0 Å². The molecule has 2 aromatic rings. The molecule has 7 nitrogen and oxygen atoms in total. The fourth-order valence-electron chi connectivity index (χ4n) is 2.39. The number of nitro groups is 1. The van der Waals surface area contributed by atoms with E-state index in [0.29, 0.717) is 29.5 Å². The highest BCUT2D eigenvalue weighted by molar-refractivity contribution is 9.10. The van der Waals surface area contributed by atoms with Crippen molar-refractivity contribution in [3.8, 4) is 5.75 Å². The molecular formula is C20H22BrN3O4S. The fourth-order valence-corrected chi connectivity index (χ4v) is 2.96. The summed E-state index contributed by atoms with van der Waals surface area (Å²) >= 11 is 8.57. The number of rotatable bonds is 7. The number of hydrogen-bond acceptors (Lipinski definition) is 5. The van der Waals surface area contributed by atoms with Crippen LogP contribution in [0.1, 0.15) is 36.2 Å². The molecule has 0 radical (unpaired) electrons. The van der Waals surface area contributed by atoms with Crippen molar-refractivity contribution >= 4 is 50.5 Å². The number of amides is 1. The van der Waals surface area contributed by atoms with Crippen LogP contribution in [0.5, 0.6) is 5.75 Å². The zero-order chi connectivity index (χ0) is 21.6. The molecule has 0 atom stereocenters. The Morgan fingerprint density at radius 3 is 2.66 bits per heavy atom. The number of hydrogen-bond donors (Lipinski definition) is 2. The first-order chi connectivity index (χ1) is 13.7. The second-order valence-corrected chi connectivity index (χ2v) is 8.16. The Labute approximate surface area is 183 Å². The van der Waals surface area contributed by atoms with Gasteiger partial charge in [-0.15, -0.1) is 0 Å². The molecule has 0 aromatic heterocycles. The lowest BCUT2D eigenvalue weighted by atomic mass is 10.1. The average molecular weight is 480 g/mol. The monoisotopic (exact) mass is 479 g/mol. The molecule has 0 aliphatic rings. The van der Waals surface area contributed by atoms with E-state index in [1.807, 2.05) is 0 Å². The number of non-ortho nitro benzene ring substituents is 1. The van der Waals surface area contributed by atoms with E-state index in [-0.39, 0.29) is 10.8 Å². The van der Waals surface area contributed by atoms with Crippen molar-refractivity contribution in [3.05, 3.63) is 62.1 Å². The van der Waals surface area contributed by atoms with Crippen LogP contribution in [0.15, 0.2) is 40.9 Å². The number of halogens is 1. The molecular weight excluding hydrogens is 458 g/mol. The lowest BCUT2D eigenvalue weighted by molar-refractivity contribution is -0.384. The standard InChI is InChI=1S/C20H22BrN3O4S/c1-12(2)8-9-28-18-7-5-14(21)10-16(18)19(25)23-20(29)22-17-11-15(24(26)27)6-4-13(17)3/h4-7,10-12H,8-9H2,1-3H3,(H2,22,23,25,29). The summed E-state index contributed by atoms with van der Waals surface area (Å²) in [5.74, 6) is 0.504. The number of nitrogens with zero attached hydrogens (tertiary/aromatic N) is 1. The van der Waals surface area contributed by atoms with Gasteiger partial charge in [-0.05, 0) is 55.2 Å². The molecule has 2 rings (SSSR count). The molecule has 29 heavy (non-hydrogen) atoms. The van der Waals surface area contributed by atoms with Gasteiger partial charge in [0.1, 0.15) is 5.75 Å². The summed E-state index contributed by atoms with van der Waals surface area (Å²) in [6.07, 6.45) is 0.864. The van der Waals surface area contributed by atoms with Crippen molar-refractivity contribution in [2.45, 2.75) is 27.2 Å². The first-order valence-corrected chi connectivity index (χ1v) is 10.2. The number of carbonyl (C=O) groups is 1. The molecule has 0 saturated carbocycles. The Hall–Kier alpha value is -2.52. The minimum Gasteiger partial charge on any atom is -0.493 e. The highest BCUT2D eigenvalue weighted by Crippen LogP contribution is 2.24. The molecule has 0 aliphatic carbocycles. The van der Waals surface area contributed by atoms with Crippen LogP contribution >= 0.6 is 28.1 Å². The smallest absolute Gasteiger partial charge is 0.271 e. The molecule has 0 bridgehead atoms. The maximum atomic E-state index is 12.7. The maximum absolute atomic E-state index is 12.7. The number of aryl methyl sites for hydroxylation is 1. The Balaban J connectivity index is 2.11. The minimum absolute atomic E-state index is 0.0340. The second-order valence-electron chi connectivity index (χ2n) is 6.84. The van der Waals surface area contributed by atoms with Crippen molar-refractivity contribution in [2.24, 2.45) is 5.92 Å². The first-order valence-electron chi connectivity index (χ1n) is 8.97.